The lowest BCUT2D eigenvalue weighted by Gasteiger charge is -2.20. The molecule has 7 heteroatoms. The van der Waals surface area contributed by atoms with E-state index in [9.17, 15) is 23.1 Å². The van der Waals surface area contributed by atoms with E-state index in [1.54, 1.807) is 20.8 Å². The van der Waals surface area contributed by atoms with Gasteiger partial charge in [-0.15, -0.1) is 0 Å². The van der Waals surface area contributed by atoms with Crippen molar-refractivity contribution in [3.63, 3.8) is 0 Å². The van der Waals surface area contributed by atoms with Crippen molar-refractivity contribution in [2.75, 3.05) is 6.61 Å². The third kappa shape index (κ3) is 5.02. The molecule has 1 atom stereocenters. The van der Waals surface area contributed by atoms with Crippen LogP contribution in [0.25, 0.3) is 0 Å². The number of ether oxygens (including phenoxy) is 1. The highest BCUT2D eigenvalue weighted by atomic mass is 19.4. The molecule has 0 heterocycles. The quantitative estimate of drug-likeness (QED) is 0.843. The van der Waals surface area contributed by atoms with Gasteiger partial charge in [-0.1, -0.05) is 0 Å². The van der Waals surface area contributed by atoms with Crippen LogP contribution >= 0.6 is 0 Å². The summed E-state index contributed by atoms with van der Waals surface area (Å²) in [7, 11) is 0. The third-order valence-corrected chi connectivity index (χ3v) is 2.47. The summed E-state index contributed by atoms with van der Waals surface area (Å²) >= 11 is 0. The van der Waals surface area contributed by atoms with Crippen molar-refractivity contribution in [1.29, 1.82) is 0 Å². The second-order valence-electron chi connectivity index (χ2n) is 5.54. The van der Waals surface area contributed by atoms with Crippen LogP contribution in [0.4, 0.5) is 13.2 Å². The van der Waals surface area contributed by atoms with Crippen LogP contribution in [0.3, 0.4) is 0 Å². The van der Waals surface area contributed by atoms with E-state index in [0.717, 1.165) is 6.07 Å². The van der Waals surface area contributed by atoms with Gasteiger partial charge in [0.2, 0.25) is 0 Å². The van der Waals surface area contributed by atoms with E-state index in [4.69, 9.17) is 9.84 Å². The number of esters is 1. The molecule has 0 aliphatic rings. The molecule has 21 heavy (non-hydrogen) atoms. The SMILES string of the molecule is CC(C)(C)OC(=O)c1cc(C(O)CO)cc(C(F)(F)F)c1. The van der Waals surface area contributed by atoms with E-state index < -0.39 is 36.0 Å². The highest BCUT2D eigenvalue weighted by Crippen LogP contribution is 2.32. The summed E-state index contributed by atoms with van der Waals surface area (Å²) in [5.41, 5.74) is -2.48. The number of hydrogen-bond acceptors (Lipinski definition) is 4. The molecule has 0 aliphatic carbocycles. The largest absolute Gasteiger partial charge is 0.456 e. The summed E-state index contributed by atoms with van der Waals surface area (Å²) in [4.78, 5) is 11.9. The zero-order valence-electron chi connectivity index (χ0n) is 11.9. The van der Waals surface area contributed by atoms with Crippen molar-refractivity contribution in [3.8, 4) is 0 Å². The fourth-order valence-corrected chi connectivity index (χ4v) is 1.57. The van der Waals surface area contributed by atoms with Crippen molar-refractivity contribution in [1.82, 2.24) is 0 Å². The Morgan fingerprint density at radius 1 is 1.24 bits per heavy atom. The summed E-state index contributed by atoms with van der Waals surface area (Å²) in [6, 6.07) is 2.42. The molecule has 0 saturated carbocycles. The van der Waals surface area contributed by atoms with Gasteiger partial charge in [-0.3, -0.25) is 0 Å². The average molecular weight is 306 g/mol. The number of aliphatic hydroxyl groups excluding tert-OH is 2. The highest BCUT2D eigenvalue weighted by molar-refractivity contribution is 5.90. The molecule has 1 rings (SSSR count). The van der Waals surface area contributed by atoms with Gasteiger partial charge in [0.15, 0.2) is 0 Å². The van der Waals surface area contributed by atoms with Gasteiger partial charge in [0, 0.05) is 0 Å². The Balaban J connectivity index is 3.28. The van der Waals surface area contributed by atoms with Crippen LogP contribution in [0.1, 0.15) is 48.4 Å². The lowest BCUT2D eigenvalue weighted by Crippen LogP contribution is -2.24. The summed E-state index contributed by atoms with van der Waals surface area (Å²) in [5, 5.41) is 18.3. The third-order valence-electron chi connectivity index (χ3n) is 2.47. The van der Waals surface area contributed by atoms with Crippen molar-refractivity contribution < 1.29 is 32.9 Å². The second kappa shape index (κ2) is 6.03. The Hall–Kier alpha value is -1.60. The standard InChI is InChI=1S/C14H17F3O4/c1-13(2,3)21-12(20)9-4-8(11(19)7-18)5-10(6-9)14(15,16)17/h4-6,11,18-19H,7H2,1-3H3. The molecule has 0 saturated heterocycles. The molecular formula is C14H17F3O4. The van der Waals surface area contributed by atoms with Gasteiger partial charge in [0.05, 0.1) is 17.7 Å². The fourth-order valence-electron chi connectivity index (χ4n) is 1.57. The highest BCUT2D eigenvalue weighted by Gasteiger charge is 2.33. The van der Waals surface area contributed by atoms with Crippen LogP contribution < -0.4 is 0 Å². The molecule has 1 aromatic carbocycles. The predicted molar refractivity (Wildman–Crippen MR) is 68.7 cm³/mol. The lowest BCUT2D eigenvalue weighted by molar-refractivity contribution is -0.137. The zero-order chi connectivity index (χ0) is 16.4. The molecule has 0 radical (unpaired) electrons. The Kier molecular flexibility index (Phi) is 5.01. The Labute approximate surface area is 120 Å². The van der Waals surface area contributed by atoms with E-state index in [0.29, 0.717) is 12.1 Å². The Morgan fingerprint density at radius 2 is 1.81 bits per heavy atom. The molecule has 0 spiro atoms. The molecule has 0 aliphatic heterocycles. The van der Waals surface area contributed by atoms with Crippen molar-refractivity contribution in [3.05, 3.63) is 34.9 Å². The second-order valence-corrected chi connectivity index (χ2v) is 5.54. The summed E-state index contributed by atoms with van der Waals surface area (Å²) < 4.78 is 43.5. The monoisotopic (exact) mass is 306 g/mol. The number of halogens is 3. The first-order valence-corrected chi connectivity index (χ1v) is 6.18. The van der Waals surface area contributed by atoms with Gasteiger partial charge < -0.3 is 14.9 Å². The van der Waals surface area contributed by atoms with E-state index in [2.05, 4.69) is 0 Å². The van der Waals surface area contributed by atoms with Crippen LogP contribution in [0.2, 0.25) is 0 Å². The molecule has 0 amide bonds. The van der Waals surface area contributed by atoms with E-state index in [1.165, 1.54) is 0 Å². The minimum atomic E-state index is -4.68. The van der Waals surface area contributed by atoms with Crippen LogP contribution in [0.15, 0.2) is 18.2 Å². The van der Waals surface area contributed by atoms with Crippen LogP contribution in [-0.2, 0) is 10.9 Å². The molecule has 2 N–H and O–H groups in total. The minimum absolute atomic E-state index is 0.201. The van der Waals surface area contributed by atoms with Crippen LogP contribution in [-0.4, -0.2) is 28.4 Å². The van der Waals surface area contributed by atoms with E-state index in [1.807, 2.05) is 0 Å². The van der Waals surface area contributed by atoms with Crippen molar-refractivity contribution in [2.24, 2.45) is 0 Å². The van der Waals surface area contributed by atoms with Crippen LogP contribution in [0, 0.1) is 0 Å². The number of hydrogen-bond donors (Lipinski definition) is 2. The first-order valence-electron chi connectivity index (χ1n) is 6.18. The predicted octanol–water partition coefficient (Wildman–Crippen LogP) is 2.69. The molecule has 0 fully saturated rings. The maximum atomic E-state index is 12.8. The van der Waals surface area contributed by atoms with Crippen molar-refractivity contribution in [2.45, 2.75) is 38.7 Å². The molecule has 1 aromatic rings. The number of aliphatic hydroxyl groups is 2. The van der Waals surface area contributed by atoms with Gasteiger partial charge in [0.1, 0.15) is 11.7 Å². The molecule has 4 nitrogen and oxygen atoms in total. The van der Waals surface area contributed by atoms with E-state index in [-0.39, 0.29) is 11.1 Å². The van der Waals surface area contributed by atoms with Gasteiger partial charge in [-0.25, -0.2) is 4.79 Å². The fraction of sp³-hybridized carbons (Fsp3) is 0.500. The molecule has 1 unspecified atom stereocenters. The van der Waals surface area contributed by atoms with Gasteiger partial charge in [-0.2, -0.15) is 13.2 Å². The number of carbonyl (C=O) groups excluding carboxylic acids is 1. The normalized spacial score (nSPS) is 13.9. The van der Waals surface area contributed by atoms with Gasteiger partial charge >= 0.3 is 12.1 Å². The minimum Gasteiger partial charge on any atom is -0.456 e. The molecule has 0 aromatic heterocycles. The van der Waals surface area contributed by atoms with Crippen LogP contribution in [0.5, 0.6) is 0 Å². The molecule has 118 valence electrons. The maximum absolute atomic E-state index is 12.8. The Morgan fingerprint density at radius 3 is 2.24 bits per heavy atom. The van der Waals surface area contributed by atoms with Crippen molar-refractivity contribution >= 4 is 5.97 Å². The summed E-state index contributed by atoms with van der Waals surface area (Å²) in [6.07, 6.45) is -6.18. The maximum Gasteiger partial charge on any atom is 0.416 e. The van der Waals surface area contributed by atoms with Gasteiger partial charge in [0.25, 0.3) is 0 Å². The summed E-state index contributed by atoms with van der Waals surface area (Å²) in [5.74, 6) is -0.931. The smallest absolute Gasteiger partial charge is 0.416 e. The molecular weight excluding hydrogens is 289 g/mol. The number of alkyl halides is 3. The number of benzene rings is 1. The number of carbonyl (C=O) groups is 1. The topological polar surface area (TPSA) is 66.8 Å². The molecule has 0 bridgehead atoms. The van der Waals surface area contributed by atoms with Gasteiger partial charge in [-0.05, 0) is 44.5 Å². The summed E-state index contributed by atoms with van der Waals surface area (Å²) in [6.45, 7) is 4.00. The number of rotatable bonds is 3. The van der Waals surface area contributed by atoms with E-state index >= 15 is 0 Å². The first kappa shape index (κ1) is 17.5. The zero-order valence-corrected chi connectivity index (χ0v) is 11.9. The lowest BCUT2D eigenvalue weighted by atomic mass is 10.0. The first-order chi connectivity index (χ1) is 9.44. The Bertz CT molecular complexity index is 518. The average Bonchev–Trinajstić information content (AvgIpc) is 2.34.